The Hall–Kier alpha value is -2.53. The Balaban J connectivity index is 1.44. The number of ether oxygens (including phenoxy) is 1. The number of carbonyl (C=O) groups is 1. The normalized spacial score (nSPS) is 14.7. The number of hydrogen-bond acceptors (Lipinski definition) is 3. The molecular weight excluding hydrogens is 362 g/mol. The first-order valence-corrected chi connectivity index (χ1v) is 10.7. The highest BCUT2D eigenvalue weighted by Gasteiger charge is 2.23. The van der Waals surface area contributed by atoms with Crippen LogP contribution in [0.3, 0.4) is 0 Å². The van der Waals surface area contributed by atoms with Gasteiger partial charge in [-0.3, -0.25) is 4.79 Å². The monoisotopic (exact) mass is 396 g/mol. The van der Waals surface area contributed by atoms with Crippen molar-refractivity contribution in [3.05, 3.63) is 53.6 Å². The minimum atomic E-state index is 0.0693. The van der Waals surface area contributed by atoms with Gasteiger partial charge in [-0.05, 0) is 61.7 Å². The van der Waals surface area contributed by atoms with Gasteiger partial charge >= 0.3 is 0 Å². The molecule has 2 aromatic rings. The second kappa shape index (κ2) is 10.3. The largest absolute Gasteiger partial charge is 0.494 e. The number of aryl methyl sites for hydroxylation is 2. The molecule has 156 valence electrons. The first kappa shape index (κ1) is 21.2. The van der Waals surface area contributed by atoms with Crippen molar-refractivity contribution < 1.29 is 14.4 Å². The van der Waals surface area contributed by atoms with Crippen LogP contribution in [0, 0.1) is 13.8 Å². The Morgan fingerprint density at radius 2 is 1.83 bits per heavy atom. The van der Waals surface area contributed by atoms with Crippen molar-refractivity contribution in [2.24, 2.45) is 0 Å². The summed E-state index contributed by atoms with van der Waals surface area (Å²) in [6.45, 7) is 11.6. The van der Waals surface area contributed by atoms with Crippen molar-refractivity contribution in [2.45, 2.75) is 33.6 Å². The van der Waals surface area contributed by atoms with E-state index < -0.39 is 0 Å². The molecule has 1 aliphatic heterocycles. The van der Waals surface area contributed by atoms with Gasteiger partial charge in [0.2, 0.25) is 0 Å². The number of unbranched alkanes of at least 4 members (excludes halogenated alkanes) is 1. The SMILES string of the molecule is CCCCOc1ccc(NC(=O)C[NH+]2CCN(c3cc(C)ccc3C)CC2)cc1. The number of carbonyl (C=O) groups excluding carboxylic acids is 1. The first-order chi connectivity index (χ1) is 14.0. The second-order valence-corrected chi connectivity index (χ2v) is 7.98. The van der Waals surface area contributed by atoms with Gasteiger partial charge in [0.1, 0.15) is 5.75 Å². The molecule has 0 atom stereocenters. The van der Waals surface area contributed by atoms with Crippen LogP contribution in [0.15, 0.2) is 42.5 Å². The molecule has 1 heterocycles. The molecule has 0 aromatic heterocycles. The Morgan fingerprint density at radius 3 is 2.52 bits per heavy atom. The maximum atomic E-state index is 12.4. The number of nitrogens with one attached hydrogen (secondary N) is 2. The van der Waals surface area contributed by atoms with Crippen molar-refractivity contribution in [2.75, 3.05) is 49.5 Å². The highest BCUT2D eigenvalue weighted by molar-refractivity contribution is 5.91. The topological polar surface area (TPSA) is 46.0 Å². The summed E-state index contributed by atoms with van der Waals surface area (Å²) in [6, 6.07) is 14.3. The number of anilines is 2. The molecule has 29 heavy (non-hydrogen) atoms. The zero-order valence-electron chi connectivity index (χ0n) is 18.0. The number of amides is 1. The van der Waals surface area contributed by atoms with Crippen molar-refractivity contribution in [3.63, 3.8) is 0 Å². The second-order valence-electron chi connectivity index (χ2n) is 7.98. The number of quaternary nitrogens is 1. The maximum Gasteiger partial charge on any atom is 0.279 e. The molecule has 0 unspecified atom stereocenters. The average Bonchev–Trinajstić information content (AvgIpc) is 2.72. The average molecular weight is 397 g/mol. The van der Waals surface area contributed by atoms with Crippen LogP contribution in [0.1, 0.15) is 30.9 Å². The van der Waals surface area contributed by atoms with Gasteiger partial charge < -0.3 is 19.9 Å². The van der Waals surface area contributed by atoms with E-state index in [-0.39, 0.29) is 5.91 Å². The minimum absolute atomic E-state index is 0.0693. The summed E-state index contributed by atoms with van der Waals surface area (Å²) in [4.78, 5) is 16.2. The quantitative estimate of drug-likeness (QED) is 0.675. The Kier molecular flexibility index (Phi) is 7.53. The summed E-state index contributed by atoms with van der Waals surface area (Å²) in [5.74, 6) is 0.921. The third-order valence-electron chi connectivity index (χ3n) is 5.49. The summed E-state index contributed by atoms with van der Waals surface area (Å²) < 4.78 is 5.67. The fraction of sp³-hybridized carbons (Fsp3) is 0.458. The lowest BCUT2D eigenvalue weighted by Gasteiger charge is -2.34. The number of benzene rings is 2. The van der Waals surface area contributed by atoms with E-state index in [2.05, 4.69) is 49.2 Å². The van der Waals surface area contributed by atoms with Gasteiger partial charge in [0.05, 0.1) is 32.8 Å². The van der Waals surface area contributed by atoms with Crippen LogP contribution in [0.2, 0.25) is 0 Å². The Morgan fingerprint density at radius 1 is 1.10 bits per heavy atom. The van der Waals surface area contributed by atoms with Crippen molar-refractivity contribution in [1.29, 1.82) is 0 Å². The maximum absolute atomic E-state index is 12.4. The fourth-order valence-electron chi connectivity index (χ4n) is 3.70. The summed E-state index contributed by atoms with van der Waals surface area (Å²) in [7, 11) is 0. The predicted molar refractivity (Wildman–Crippen MR) is 119 cm³/mol. The fourth-order valence-corrected chi connectivity index (χ4v) is 3.70. The van der Waals surface area contributed by atoms with Crippen molar-refractivity contribution in [3.8, 4) is 5.75 Å². The Labute approximate surface area is 174 Å². The third kappa shape index (κ3) is 6.23. The number of nitrogens with zero attached hydrogens (tertiary/aromatic N) is 1. The molecule has 1 fully saturated rings. The molecule has 0 saturated carbocycles. The standard InChI is InChI=1S/C24H33N3O2/c1-4-5-16-29-22-10-8-21(9-11-22)25-24(28)18-26-12-14-27(15-13-26)23-17-19(2)6-7-20(23)3/h6-11,17H,4-5,12-16,18H2,1-3H3,(H,25,28)/p+1. The molecule has 0 radical (unpaired) electrons. The summed E-state index contributed by atoms with van der Waals surface area (Å²) in [5, 5.41) is 3.01. The molecule has 1 saturated heterocycles. The van der Waals surface area contributed by atoms with Gasteiger partial charge in [-0.25, -0.2) is 0 Å². The van der Waals surface area contributed by atoms with Crippen LogP contribution in [-0.2, 0) is 4.79 Å². The molecule has 0 spiro atoms. The lowest BCUT2D eigenvalue weighted by atomic mass is 10.1. The van der Waals surface area contributed by atoms with Gasteiger partial charge in [0, 0.05) is 11.4 Å². The molecule has 3 rings (SSSR count). The van der Waals surface area contributed by atoms with Crippen LogP contribution < -0.4 is 19.9 Å². The van der Waals surface area contributed by atoms with Crippen LogP contribution >= 0.6 is 0 Å². The third-order valence-corrected chi connectivity index (χ3v) is 5.49. The van der Waals surface area contributed by atoms with Gasteiger partial charge in [-0.2, -0.15) is 0 Å². The number of hydrogen-bond donors (Lipinski definition) is 2. The minimum Gasteiger partial charge on any atom is -0.494 e. The molecule has 0 aliphatic carbocycles. The highest BCUT2D eigenvalue weighted by Crippen LogP contribution is 2.21. The highest BCUT2D eigenvalue weighted by atomic mass is 16.5. The first-order valence-electron chi connectivity index (χ1n) is 10.7. The molecule has 2 N–H and O–H groups in total. The molecule has 1 aliphatic rings. The summed E-state index contributed by atoms with van der Waals surface area (Å²) in [6.07, 6.45) is 2.17. The van der Waals surface area contributed by atoms with E-state index >= 15 is 0 Å². The zero-order valence-corrected chi connectivity index (χ0v) is 18.0. The van der Waals surface area contributed by atoms with E-state index in [0.717, 1.165) is 57.1 Å². The van der Waals surface area contributed by atoms with Crippen molar-refractivity contribution >= 4 is 17.3 Å². The van der Waals surface area contributed by atoms with Crippen LogP contribution in [-0.4, -0.2) is 45.2 Å². The lowest BCUT2D eigenvalue weighted by Crippen LogP contribution is -3.15. The van der Waals surface area contributed by atoms with E-state index in [1.165, 1.54) is 21.7 Å². The number of piperazine rings is 1. The van der Waals surface area contributed by atoms with E-state index in [1.54, 1.807) is 0 Å². The van der Waals surface area contributed by atoms with Crippen LogP contribution in [0.5, 0.6) is 5.75 Å². The van der Waals surface area contributed by atoms with Crippen molar-refractivity contribution in [1.82, 2.24) is 0 Å². The van der Waals surface area contributed by atoms with Gasteiger partial charge in [-0.15, -0.1) is 0 Å². The lowest BCUT2D eigenvalue weighted by molar-refractivity contribution is -0.892. The molecule has 5 heteroatoms. The van der Waals surface area contributed by atoms with E-state index in [9.17, 15) is 4.79 Å². The zero-order chi connectivity index (χ0) is 20.6. The van der Waals surface area contributed by atoms with E-state index in [0.29, 0.717) is 6.54 Å². The molecule has 0 bridgehead atoms. The summed E-state index contributed by atoms with van der Waals surface area (Å²) in [5.41, 5.74) is 4.77. The van der Waals surface area contributed by atoms with Gasteiger partial charge in [-0.1, -0.05) is 25.5 Å². The Bertz CT molecular complexity index is 796. The van der Waals surface area contributed by atoms with Gasteiger partial charge in [0.15, 0.2) is 6.54 Å². The number of rotatable bonds is 8. The smallest absolute Gasteiger partial charge is 0.279 e. The van der Waals surface area contributed by atoms with E-state index in [4.69, 9.17) is 4.74 Å². The summed E-state index contributed by atoms with van der Waals surface area (Å²) >= 11 is 0. The molecule has 1 amide bonds. The van der Waals surface area contributed by atoms with Crippen LogP contribution in [0.25, 0.3) is 0 Å². The predicted octanol–water partition coefficient (Wildman–Crippen LogP) is 2.83. The van der Waals surface area contributed by atoms with Crippen LogP contribution in [0.4, 0.5) is 11.4 Å². The molecular formula is C24H34N3O2+. The van der Waals surface area contributed by atoms with Gasteiger partial charge in [0.25, 0.3) is 5.91 Å². The molecule has 5 nitrogen and oxygen atoms in total. The van der Waals surface area contributed by atoms with E-state index in [1.807, 2.05) is 24.3 Å². The molecule has 2 aromatic carbocycles.